The molecule has 1 aromatic heterocycles. The topological polar surface area (TPSA) is 79.1 Å². The molecule has 0 saturated carbocycles. The number of likely N-dealkylation sites (tertiary alicyclic amines) is 1. The number of rotatable bonds is 6. The van der Waals surface area contributed by atoms with Crippen LogP contribution in [0.4, 0.5) is 4.79 Å². The highest BCUT2D eigenvalue weighted by atomic mass is 16.6. The first-order valence-electron chi connectivity index (χ1n) is 10.1. The number of hydrogen-bond acceptors (Lipinski definition) is 4. The van der Waals surface area contributed by atoms with E-state index in [1.807, 2.05) is 25.1 Å². The normalized spacial score (nSPS) is 15.6. The van der Waals surface area contributed by atoms with Crippen LogP contribution >= 0.6 is 0 Å². The van der Waals surface area contributed by atoms with E-state index < -0.39 is 0 Å². The van der Waals surface area contributed by atoms with Crippen LogP contribution in [0.5, 0.6) is 0 Å². The second-order valence-corrected chi connectivity index (χ2v) is 6.87. The average Bonchev–Trinajstić information content (AvgIpc) is 3.11. The van der Waals surface area contributed by atoms with Crippen LogP contribution in [0.25, 0.3) is 11.0 Å². The summed E-state index contributed by atoms with van der Waals surface area (Å²) in [7, 11) is 0. The summed E-state index contributed by atoms with van der Waals surface area (Å²) >= 11 is 0. The SMILES string of the molecule is CCNC(=NCCc1cc2ccccc2o1)NC1CCN(C(=O)OCC)CC1. The summed E-state index contributed by atoms with van der Waals surface area (Å²) in [6, 6.07) is 10.4. The summed E-state index contributed by atoms with van der Waals surface area (Å²) in [5.41, 5.74) is 0.917. The molecule has 28 heavy (non-hydrogen) atoms. The van der Waals surface area contributed by atoms with Crippen LogP contribution in [-0.4, -0.2) is 55.8 Å². The molecule has 1 fully saturated rings. The van der Waals surface area contributed by atoms with Crippen LogP contribution in [0, 0.1) is 0 Å². The number of furan rings is 1. The number of piperidine rings is 1. The second kappa shape index (κ2) is 10.0. The Bertz CT molecular complexity index is 761. The fraction of sp³-hybridized carbons (Fsp3) is 0.524. The van der Waals surface area contributed by atoms with E-state index in [1.54, 1.807) is 4.90 Å². The number of para-hydroxylation sites is 1. The van der Waals surface area contributed by atoms with Gasteiger partial charge in [-0.15, -0.1) is 0 Å². The molecule has 2 N–H and O–H groups in total. The van der Waals surface area contributed by atoms with E-state index in [2.05, 4.69) is 34.7 Å². The molecule has 3 rings (SSSR count). The average molecular weight is 386 g/mol. The summed E-state index contributed by atoms with van der Waals surface area (Å²) in [4.78, 5) is 18.3. The van der Waals surface area contributed by atoms with Crippen molar-refractivity contribution in [3.63, 3.8) is 0 Å². The highest BCUT2D eigenvalue weighted by Crippen LogP contribution is 2.19. The molecule has 1 aliphatic heterocycles. The van der Waals surface area contributed by atoms with Crippen molar-refractivity contribution < 1.29 is 13.9 Å². The zero-order valence-electron chi connectivity index (χ0n) is 16.7. The number of guanidine groups is 1. The number of fused-ring (bicyclic) bond motifs is 1. The molecular weight excluding hydrogens is 356 g/mol. The lowest BCUT2D eigenvalue weighted by atomic mass is 10.1. The molecule has 1 saturated heterocycles. The van der Waals surface area contributed by atoms with Crippen molar-refractivity contribution in [3.05, 3.63) is 36.1 Å². The lowest BCUT2D eigenvalue weighted by Gasteiger charge is -2.32. The molecule has 152 valence electrons. The molecule has 7 nitrogen and oxygen atoms in total. The zero-order valence-corrected chi connectivity index (χ0v) is 16.7. The van der Waals surface area contributed by atoms with E-state index in [-0.39, 0.29) is 6.09 Å². The molecule has 0 bridgehead atoms. The van der Waals surface area contributed by atoms with Crippen LogP contribution in [-0.2, 0) is 11.2 Å². The van der Waals surface area contributed by atoms with Crippen LogP contribution in [0.3, 0.4) is 0 Å². The van der Waals surface area contributed by atoms with Gasteiger partial charge in [-0.1, -0.05) is 18.2 Å². The Kier molecular flexibility index (Phi) is 7.17. The second-order valence-electron chi connectivity index (χ2n) is 6.87. The molecule has 0 atom stereocenters. The Morgan fingerprint density at radius 3 is 2.79 bits per heavy atom. The molecule has 2 heterocycles. The van der Waals surface area contributed by atoms with Gasteiger partial charge >= 0.3 is 6.09 Å². The lowest BCUT2D eigenvalue weighted by molar-refractivity contribution is 0.0963. The van der Waals surface area contributed by atoms with Gasteiger partial charge in [0.15, 0.2) is 5.96 Å². The maximum absolute atomic E-state index is 11.8. The van der Waals surface area contributed by atoms with Crippen molar-refractivity contribution >= 4 is 23.0 Å². The number of nitrogens with zero attached hydrogens (tertiary/aromatic N) is 2. The molecule has 0 radical (unpaired) electrons. The van der Waals surface area contributed by atoms with Crippen LogP contribution in [0.1, 0.15) is 32.4 Å². The van der Waals surface area contributed by atoms with Gasteiger partial charge in [-0.25, -0.2) is 4.79 Å². The summed E-state index contributed by atoms with van der Waals surface area (Å²) in [5.74, 6) is 1.76. The zero-order chi connectivity index (χ0) is 19.8. The van der Waals surface area contributed by atoms with Crippen LogP contribution in [0.2, 0.25) is 0 Å². The first kappa shape index (κ1) is 20.0. The van der Waals surface area contributed by atoms with Crippen molar-refractivity contribution in [3.8, 4) is 0 Å². The standard InChI is InChI=1S/C21H30N4O3/c1-3-22-20(24-17-10-13-25(14-11-17)21(26)27-4-2)23-12-9-18-15-16-7-5-6-8-19(16)28-18/h5-8,15,17H,3-4,9-14H2,1-2H3,(H2,22,23,24). The van der Waals surface area contributed by atoms with Crippen molar-refractivity contribution in [1.29, 1.82) is 0 Å². The van der Waals surface area contributed by atoms with Crippen molar-refractivity contribution in [2.24, 2.45) is 4.99 Å². The molecule has 7 heteroatoms. The van der Waals surface area contributed by atoms with E-state index in [0.717, 1.165) is 48.5 Å². The predicted molar refractivity (Wildman–Crippen MR) is 111 cm³/mol. The Labute approximate surface area is 166 Å². The Balaban J connectivity index is 1.49. The number of amides is 1. The van der Waals surface area contributed by atoms with Crippen molar-refractivity contribution in [2.75, 3.05) is 32.8 Å². The van der Waals surface area contributed by atoms with Gasteiger partial charge in [-0.2, -0.15) is 0 Å². The van der Waals surface area contributed by atoms with Crippen molar-refractivity contribution in [2.45, 2.75) is 39.2 Å². The van der Waals surface area contributed by atoms with Gasteiger partial charge < -0.3 is 24.7 Å². The molecule has 0 spiro atoms. The third kappa shape index (κ3) is 5.41. The van der Waals surface area contributed by atoms with E-state index in [1.165, 1.54) is 0 Å². The minimum Gasteiger partial charge on any atom is -0.461 e. The maximum atomic E-state index is 11.8. The summed E-state index contributed by atoms with van der Waals surface area (Å²) in [5, 5.41) is 7.92. The fourth-order valence-electron chi connectivity index (χ4n) is 3.37. The molecular formula is C21H30N4O3. The van der Waals surface area contributed by atoms with Gasteiger partial charge in [-0.3, -0.25) is 4.99 Å². The summed E-state index contributed by atoms with van der Waals surface area (Å²) in [6.45, 7) is 7.16. The third-order valence-electron chi connectivity index (χ3n) is 4.81. The van der Waals surface area contributed by atoms with Gasteiger partial charge in [0, 0.05) is 44.0 Å². The van der Waals surface area contributed by atoms with Crippen molar-refractivity contribution in [1.82, 2.24) is 15.5 Å². The highest BCUT2D eigenvalue weighted by Gasteiger charge is 2.24. The van der Waals surface area contributed by atoms with Gasteiger partial charge in [0.25, 0.3) is 0 Å². The van der Waals surface area contributed by atoms with Crippen LogP contribution < -0.4 is 10.6 Å². The molecule has 1 aliphatic rings. The highest BCUT2D eigenvalue weighted by molar-refractivity contribution is 5.80. The van der Waals surface area contributed by atoms with Crippen LogP contribution in [0.15, 0.2) is 39.7 Å². The predicted octanol–water partition coefficient (Wildman–Crippen LogP) is 3.15. The molecule has 1 amide bonds. The first-order chi connectivity index (χ1) is 13.7. The lowest BCUT2D eigenvalue weighted by Crippen LogP contribution is -2.50. The number of carbonyl (C=O) groups is 1. The Hall–Kier alpha value is -2.70. The largest absolute Gasteiger partial charge is 0.461 e. The number of nitrogens with one attached hydrogen (secondary N) is 2. The van der Waals surface area contributed by atoms with Gasteiger partial charge in [0.05, 0.1) is 6.61 Å². The number of ether oxygens (including phenoxy) is 1. The maximum Gasteiger partial charge on any atom is 0.409 e. The van der Waals surface area contributed by atoms with Gasteiger partial charge in [0.1, 0.15) is 11.3 Å². The number of hydrogen-bond donors (Lipinski definition) is 2. The monoisotopic (exact) mass is 386 g/mol. The minimum atomic E-state index is -0.215. The minimum absolute atomic E-state index is 0.215. The molecule has 1 aromatic carbocycles. The van der Waals surface area contributed by atoms with E-state index in [4.69, 9.17) is 9.15 Å². The Morgan fingerprint density at radius 1 is 1.29 bits per heavy atom. The van der Waals surface area contributed by atoms with Gasteiger partial charge in [-0.05, 0) is 38.8 Å². The first-order valence-corrected chi connectivity index (χ1v) is 10.1. The Morgan fingerprint density at radius 2 is 2.07 bits per heavy atom. The number of aliphatic imine (C=N–C) groups is 1. The van der Waals surface area contributed by atoms with E-state index >= 15 is 0 Å². The molecule has 2 aromatic rings. The third-order valence-corrected chi connectivity index (χ3v) is 4.81. The summed E-state index contributed by atoms with van der Waals surface area (Å²) < 4.78 is 10.9. The summed E-state index contributed by atoms with van der Waals surface area (Å²) in [6.07, 6.45) is 2.30. The van der Waals surface area contributed by atoms with E-state index in [9.17, 15) is 4.79 Å². The number of benzene rings is 1. The quantitative estimate of drug-likeness (QED) is 0.589. The van der Waals surface area contributed by atoms with Gasteiger partial charge in [0.2, 0.25) is 0 Å². The molecule has 0 aliphatic carbocycles. The number of carbonyl (C=O) groups excluding carboxylic acids is 1. The fourth-order valence-corrected chi connectivity index (χ4v) is 3.37. The molecule has 0 unspecified atom stereocenters. The smallest absolute Gasteiger partial charge is 0.409 e. The van der Waals surface area contributed by atoms with E-state index in [0.29, 0.717) is 32.3 Å².